The molecule has 0 aromatic carbocycles. The van der Waals surface area contributed by atoms with Crippen LogP contribution in [0.15, 0.2) is 4.79 Å². The molecule has 2 aromatic heterocycles. The van der Waals surface area contributed by atoms with E-state index in [0.29, 0.717) is 26.5 Å². The molecule has 1 aliphatic rings. The van der Waals surface area contributed by atoms with E-state index in [1.54, 1.807) is 6.92 Å². The second kappa shape index (κ2) is 6.18. The normalized spacial score (nSPS) is 16.1. The fraction of sp³-hybridized carbons (Fsp3) is 0.533. The summed E-state index contributed by atoms with van der Waals surface area (Å²) in [5, 5.41) is 0.503. The first-order valence-electron chi connectivity index (χ1n) is 7.54. The molecule has 3 heterocycles. The van der Waals surface area contributed by atoms with E-state index < -0.39 is 5.97 Å². The van der Waals surface area contributed by atoms with Crippen molar-refractivity contribution in [2.75, 3.05) is 20.2 Å². The van der Waals surface area contributed by atoms with Gasteiger partial charge in [-0.2, -0.15) is 0 Å². The summed E-state index contributed by atoms with van der Waals surface area (Å²) in [6, 6.07) is 0. The van der Waals surface area contributed by atoms with Crippen LogP contribution in [0, 0.1) is 6.92 Å². The topological polar surface area (TPSA) is 76.5 Å². The van der Waals surface area contributed by atoms with Gasteiger partial charge in [0.25, 0.3) is 5.56 Å². The molecule has 22 heavy (non-hydrogen) atoms. The molecular formula is C15H20N3O3S+. The first kappa shape index (κ1) is 15.2. The number of rotatable bonds is 3. The van der Waals surface area contributed by atoms with Gasteiger partial charge in [-0.15, -0.1) is 11.3 Å². The standard InChI is InChI=1S/C15H19N3O3S/c1-9-11-13(19)16-10(8-18-6-4-3-5-7-18)17-14(11)22-12(9)15(20)21-2/h3-8H2,1-2H3,(H,16,17,19)/p+1. The van der Waals surface area contributed by atoms with Gasteiger partial charge in [0, 0.05) is 0 Å². The highest BCUT2D eigenvalue weighted by molar-refractivity contribution is 7.20. The number of carbonyl (C=O) groups is 1. The molecule has 1 aliphatic heterocycles. The number of aryl methyl sites for hydroxylation is 1. The number of aromatic nitrogens is 2. The Morgan fingerprint density at radius 3 is 2.77 bits per heavy atom. The number of likely N-dealkylation sites (tertiary alicyclic amines) is 1. The number of hydrogen-bond donors (Lipinski definition) is 2. The second-order valence-corrected chi connectivity index (χ2v) is 6.73. The lowest BCUT2D eigenvalue weighted by molar-refractivity contribution is -0.919. The Morgan fingerprint density at radius 1 is 1.36 bits per heavy atom. The van der Waals surface area contributed by atoms with Gasteiger partial charge in [-0.3, -0.25) is 4.79 Å². The smallest absolute Gasteiger partial charge is 0.348 e. The number of nitrogens with zero attached hydrogens (tertiary/aromatic N) is 1. The molecule has 118 valence electrons. The van der Waals surface area contributed by atoms with Crippen LogP contribution in [-0.2, 0) is 11.3 Å². The number of quaternary nitrogens is 1. The number of carbonyl (C=O) groups excluding carboxylic acids is 1. The number of thiophene rings is 1. The largest absolute Gasteiger partial charge is 0.465 e. The van der Waals surface area contributed by atoms with Gasteiger partial charge >= 0.3 is 5.97 Å². The van der Waals surface area contributed by atoms with Crippen LogP contribution in [0.4, 0.5) is 0 Å². The SMILES string of the molecule is COC(=O)c1sc2nc(C[NH+]3CCCCC3)[nH]c(=O)c2c1C. The van der Waals surface area contributed by atoms with Crippen molar-refractivity contribution in [3.63, 3.8) is 0 Å². The van der Waals surface area contributed by atoms with Crippen LogP contribution in [0.1, 0.15) is 40.3 Å². The van der Waals surface area contributed by atoms with Crippen LogP contribution in [0.5, 0.6) is 0 Å². The van der Waals surface area contributed by atoms with Gasteiger partial charge < -0.3 is 14.6 Å². The van der Waals surface area contributed by atoms with E-state index >= 15 is 0 Å². The van der Waals surface area contributed by atoms with Gasteiger partial charge in [0.2, 0.25) is 0 Å². The summed E-state index contributed by atoms with van der Waals surface area (Å²) in [4.78, 5) is 34.1. The molecule has 0 bridgehead atoms. The fourth-order valence-electron chi connectivity index (χ4n) is 3.02. The Hall–Kier alpha value is -1.73. The van der Waals surface area contributed by atoms with Crippen molar-refractivity contribution in [3.05, 3.63) is 26.6 Å². The van der Waals surface area contributed by atoms with Crippen LogP contribution in [0.2, 0.25) is 0 Å². The van der Waals surface area contributed by atoms with E-state index in [9.17, 15) is 9.59 Å². The minimum atomic E-state index is -0.414. The number of H-pyrrole nitrogens is 1. The molecule has 2 aromatic rings. The minimum absolute atomic E-state index is 0.166. The van der Waals surface area contributed by atoms with E-state index in [1.165, 1.54) is 42.6 Å². The molecule has 2 N–H and O–H groups in total. The number of ether oxygens (including phenoxy) is 1. The van der Waals surface area contributed by atoms with E-state index in [4.69, 9.17) is 4.74 Å². The van der Waals surface area contributed by atoms with Gasteiger partial charge in [-0.25, -0.2) is 9.78 Å². The number of piperidine rings is 1. The van der Waals surface area contributed by atoms with Crippen molar-refractivity contribution in [3.8, 4) is 0 Å². The predicted octanol–water partition coefficient (Wildman–Crippen LogP) is 0.648. The van der Waals surface area contributed by atoms with Crippen LogP contribution < -0.4 is 10.5 Å². The lowest BCUT2D eigenvalue weighted by Gasteiger charge is -2.22. The Bertz CT molecular complexity index is 759. The van der Waals surface area contributed by atoms with Crippen LogP contribution >= 0.6 is 11.3 Å². The highest BCUT2D eigenvalue weighted by Crippen LogP contribution is 2.27. The van der Waals surface area contributed by atoms with Gasteiger partial charge in [0.1, 0.15) is 16.3 Å². The van der Waals surface area contributed by atoms with Crippen molar-refractivity contribution in [1.82, 2.24) is 9.97 Å². The number of esters is 1. The molecule has 0 amide bonds. The zero-order chi connectivity index (χ0) is 15.7. The van der Waals surface area contributed by atoms with Crippen molar-refractivity contribution >= 4 is 27.5 Å². The monoisotopic (exact) mass is 322 g/mol. The molecule has 1 fully saturated rings. The van der Waals surface area contributed by atoms with E-state index in [1.807, 2.05) is 0 Å². The average molecular weight is 322 g/mol. The van der Waals surface area contributed by atoms with Crippen LogP contribution in [0.3, 0.4) is 0 Å². The summed E-state index contributed by atoms with van der Waals surface area (Å²) in [7, 11) is 1.34. The van der Waals surface area contributed by atoms with E-state index in [0.717, 1.165) is 19.6 Å². The Labute approximate surface area is 132 Å². The highest BCUT2D eigenvalue weighted by atomic mass is 32.1. The molecule has 6 nitrogen and oxygen atoms in total. The molecule has 0 aliphatic carbocycles. The first-order valence-corrected chi connectivity index (χ1v) is 8.36. The molecular weight excluding hydrogens is 302 g/mol. The number of hydrogen-bond acceptors (Lipinski definition) is 5. The number of aromatic amines is 1. The summed E-state index contributed by atoms with van der Waals surface area (Å²) >= 11 is 1.23. The number of nitrogens with one attached hydrogen (secondary N) is 2. The zero-order valence-corrected chi connectivity index (χ0v) is 13.6. The molecule has 7 heteroatoms. The predicted molar refractivity (Wildman–Crippen MR) is 84.6 cm³/mol. The average Bonchev–Trinajstić information content (AvgIpc) is 2.85. The van der Waals surface area contributed by atoms with Gasteiger partial charge in [0.15, 0.2) is 5.82 Å². The second-order valence-electron chi connectivity index (χ2n) is 5.73. The van der Waals surface area contributed by atoms with Gasteiger partial charge in [-0.1, -0.05) is 0 Å². The van der Waals surface area contributed by atoms with E-state index in [2.05, 4.69) is 9.97 Å². The Kier molecular flexibility index (Phi) is 4.26. The van der Waals surface area contributed by atoms with Crippen molar-refractivity contribution in [2.45, 2.75) is 32.7 Å². The molecule has 0 unspecified atom stereocenters. The van der Waals surface area contributed by atoms with Gasteiger partial charge in [0.05, 0.1) is 25.6 Å². The molecule has 0 spiro atoms. The van der Waals surface area contributed by atoms with Crippen molar-refractivity contribution in [2.24, 2.45) is 0 Å². The summed E-state index contributed by atoms with van der Waals surface area (Å²) < 4.78 is 4.77. The molecule has 0 saturated carbocycles. The summed E-state index contributed by atoms with van der Waals surface area (Å²) in [5.74, 6) is 0.287. The maximum Gasteiger partial charge on any atom is 0.348 e. The number of methoxy groups -OCH3 is 1. The van der Waals surface area contributed by atoms with Crippen molar-refractivity contribution < 1.29 is 14.4 Å². The third-order valence-electron chi connectivity index (χ3n) is 4.20. The fourth-order valence-corrected chi connectivity index (χ4v) is 4.14. The Morgan fingerprint density at radius 2 is 2.09 bits per heavy atom. The maximum absolute atomic E-state index is 12.3. The van der Waals surface area contributed by atoms with Gasteiger partial charge in [-0.05, 0) is 31.7 Å². The molecule has 1 saturated heterocycles. The maximum atomic E-state index is 12.3. The highest BCUT2D eigenvalue weighted by Gasteiger charge is 2.21. The quantitative estimate of drug-likeness (QED) is 0.814. The molecule has 3 rings (SSSR count). The summed E-state index contributed by atoms with van der Waals surface area (Å²) in [5.41, 5.74) is 0.484. The number of fused-ring (bicyclic) bond motifs is 1. The first-order chi connectivity index (χ1) is 10.6. The summed E-state index contributed by atoms with van der Waals surface area (Å²) in [6.07, 6.45) is 3.75. The van der Waals surface area contributed by atoms with E-state index in [-0.39, 0.29) is 5.56 Å². The zero-order valence-electron chi connectivity index (χ0n) is 12.8. The third kappa shape index (κ3) is 2.78. The Balaban J connectivity index is 1.97. The molecule has 0 atom stereocenters. The summed E-state index contributed by atoms with van der Waals surface area (Å²) in [6.45, 7) is 4.74. The third-order valence-corrected chi connectivity index (χ3v) is 5.36. The van der Waals surface area contributed by atoms with Crippen molar-refractivity contribution in [1.29, 1.82) is 0 Å². The van der Waals surface area contributed by atoms with Crippen LogP contribution in [0.25, 0.3) is 10.2 Å². The minimum Gasteiger partial charge on any atom is -0.465 e. The lowest BCUT2D eigenvalue weighted by atomic mass is 10.1. The lowest BCUT2D eigenvalue weighted by Crippen LogP contribution is -3.11. The molecule has 0 radical (unpaired) electrons. The van der Waals surface area contributed by atoms with Crippen LogP contribution in [-0.4, -0.2) is 36.1 Å².